The summed E-state index contributed by atoms with van der Waals surface area (Å²) in [4.78, 5) is 0. The monoisotopic (exact) mass is 191 g/mol. The maximum absolute atomic E-state index is 5.20. The van der Waals surface area contributed by atoms with Gasteiger partial charge in [0.25, 0.3) is 0 Å². The van der Waals surface area contributed by atoms with Crippen LogP contribution in [0.25, 0.3) is 0 Å². The Morgan fingerprint density at radius 2 is 2.67 bits per heavy atom. The van der Waals surface area contributed by atoms with E-state index in [1.807, 2.05) is 13.1 Å². The van der Waals surface area contributed by atoms with Crippen molar-refractivity contribution < 1.29 is 4.74 Å². The van der Waals surface area contributed by atoms with Crippen LogP contribution in [0.5, 0.6) is 0 Å². The Labute approximate surface area is 63.4 Å². The molecule has 0 spiro atoms. The Kier molecular flexibility index (Phi) is 2.54. The molecular formula is C6H10BrNO. The molecule has 52 valence electrons. The van der Waals surface area contributed by atoms with Gasteiger partial charge in [0.05, 0.1) is 0 Å². The van der Waals surface area contributed by atoms with Crippen molar-refractivity contribution in [2.24, 2.45) is 0 Å². The highest BCUT2D eigenvalue weighted by Crippen LogP contribution is 2.14. The van der Waals surface area contributed by atoms with Crippen LogP contribution in [-0.4, -0.2) is 19.7 Å². The lowest BCUT2D eigenvalue weighted by molar-refractivity contribution is 0.190. The molecule has 0 aromatic carbocycles. The normalized spacial score (nSPS) is 26.9. The summed E-state index contributed by atoms with van der Waals surface area (Å²) in [5.74, 6) is 0. The third-order valence-corrected chi connectivity index (χ3v) is 1.95. The molecule has 3 heteroatoms. The van der Waals surface area contributed by atoms with Crippen molar-refractivity contribution in [2.75, 3.05) is 13.7 Å². The molecule has 0 bridgehead atoms. The highest BCUT2D eigenvalue weighted by atomic mass is 79.9. The number of likely N-dealkylation sites (N-methyl/N-ethyl adjacent to an activating group) is 1. The Hall–Kier alpha value is -0.0200. The van der Waals surface area contributed by atoms with Gasteiger partial charge in [-0.2, -0.15) is 0 Å². The fourth-order valence-electron chi connectivity index (χ4n) is 0.743. The summed E-state index contributed by atoms with van der Waals surface area (Å²) < 4.78 is 6.07. The molecule has 1 atom stereocenters. The van der Waals surface area contributed by atoms with Crippen molar-refractivity contribution in [1.29, 1.82) is 0 Å². The van der Waals surface area contributed by atoms with E-state index in [9.17, 15) is 0 Å². The molecule has 2 nitrogen and oxygen atoms in total. The predicted octanol–water partition coefficient (Wildman–Crippen LogP) is 1.23. The smallest absolute Gasteiger partial charge is 0.158 e. The van der Waals surface area contributed by atoms with E-state index >= 15 is 0 Å². The molecule has 1 unspecified atom stereocenters. The molecule has 1 aliphatic rings. The van der Waals surface area contributed by atoms with E-state index < -0.39 is 0 Å². The Balaban J connectivity index is 2.36. The molecule has 0 aromatic heterocycles. The minimum Gasteiger partial charge on any atom is -0.486 e. The van der Waals surface area contributed by atoms with Crippen LogP contribution in [0.4, 0.5) is 0 Å². The van der Waals surface area contributed by atoms with E-state index in [2.05, 4.69) is 21.2 Å². The van der Waals surface area contributed by atoms with Gasteiger partial charge in [-0.3, -0.25) is 0 Å². The number of rotatable bonds is 1. The molecule has 0 saturated heterocycles. The van der Waals surface area contributed by atoms with Crippen molar-refractivity contribution in [2.45, 2.75) is 12.5 Å². The molecule has 1 heterocycles. The number of halogens is 1. The zero-order chi connectivity index (χ0) is 6.69. The lowest BCUT2D eigenvalue weighted by atomic mass is 10.2. The Bertz CT molecular complexity index is 124. The van der Waals surface area contributed by atoms with Crippen LogP contribution in [0.3, 0.4) is 0 Å². The van der Waals surface area contributed by atoms with Gasteiger partial charge < -0.3 is 10.1 Å². The van der Waals surface area contributed by atoms with E-state index in [0.29, 0.717) is 6.04 Å². The molecule has 1 rings (SSSR count). The van der Waals surface area contributed by atoms with Gasteiger partial charge in [-0.1, -0.05) is 0 Å². The summed E-state index contributed by atoms with van der Waals surface area (Å²) in [6.07, 6.45) is 3.09. The molecule has 0 amide bonds. The van der Waals surface area contributed by atoms with Gasteiger partial charge in [0.2, 0.25) is 0 Å². The van der Waals surface area contributed by atoms with E-state index in [1.54, 1.807) is 0 Å². The van der Waals surface area contributed by atoms with Crippen molar-refractivity contribution in [3.05, 3.63) is 10.7 Å². The van der Waals surface area contributed by atoms with Crippen LogP contribution in [0, 0.1) is 0 Å². The van der Waals surface area contributed by atoms with Crippen LogP contribution in [-0.2, 0) is 4.74 Å². The summed E-state index contributed by atoms with van der Waals surface area (Å²) in [7, 11) is 1.95. The lowest BCUT2D eigenvalue weighted by Crippen LogP contribution is -2.31. The molecule has 1 aliphatic heterocycles. The van der Waals surface area contributed by atoms with Crippen LogP contribution < -0.4 is 5.32 Å². The van der Waals surface area contributed by atoms with E-state index in [4.69, 9.17) is 4.74 Å². The first kappa shape index (κ1) is 7.09. The summed E-state index contributed by atoms with van der Waals surface area (Å²) in [5, 5.41) is 3.13. The molecular weight excluding hydrogens is 182 g/mol. The van der Waals surface area contributed by atoms with E-state index in [-0.39, 0.29) is 0 Å². The number of ether oxygens (including phenoxy) is 1. The lowest BCUT2D eigenvalue weighted by Gasteiger charge is -2.19. The highest BCUT2D eigenvalue weighted by molar-refractivity contribution is 9.11. The number of nitrogens with one attached hydrogen (secondary N) is 1. The van der Waals surface area contributed by atoms with Crippen LogP contribution in [0.2, 0.25) is 0 Å². The van der Waals surface area contributed by atoms with Crippen molar-refractivity contribution in [3.8, 4) is 0 Å². The van der Waals surface area contributed by atoms with Crippen molar-refractivity contribution >= 4 is 15.9 Å². The van der Waals surface area contributed by atoms with Crippen LogP contribution in [0.1, 0.15) is 6.42 Å². The molecule has 0 fully saturated rings. The van der Waals surface area contributed by atoms with Crippen molar-refractivity contribution in [1.82, 2.24) is 5.32 Å². The third-order valence-electron chi connectivity index (χ3n) is 1.39. The van der Waals surface area contributed by atoms with Crippen molar-refractivity contribution in [3.63, 3.8) is 0 Å². The van der Waals surface area contributed by atoms with Gasteiger partial charge in [0, 0.05) is 6.04 Å². The van der Waals surface area contributed by atoms with Crippen LogP contribution >= 0.6 is 15.9 Å². The second-order valence-corrected chi connectivity index (χ2v) is 2.82. The van der Waals surface area contributed by atoms with E-state index in [1.165, 1.54) is 0 Å². The molecule has 0 aliphatic carbocycles. The number of hydrogen-bond donors (Lipinski definition) is 1. The van der Waals surface area contributed by atoms with Crippen LogP contribution in [0.15, 0.2) is 10.7 Å². The average molecular weight is 192 g/mol. The minimum atomic E-state index is 0.492. The summed E-state index contributed by atoms with van der Waals surface area (Å²) >= 11 is 3.26. The Morgan fingerprint density at radius 1 is 1.89 bits per heavy atom. The zero-order valence-corrected chi connectivity index (χ0v) is 6.94. The minimum absolute atomic E-state index is 0.492. The first-order valence-corrected chi connectivity index (χ1v) is 3.78. The standard InChI is InChI=1S/C6H10BrNO/c1-8-5-2-3-6(7)9-4-5/h3,5,8H,2,4H2,1H3. The van der Waals surface area contributed by atoms with Gasteiger partial charge in [0.1, 0.15) is 6.61 Å². The van der Waals surface area contributed by atoms with Gasteiger partial charge in [-0.05, 0) is 35.5 Å². The van der Waals surface area contributed by atoms with E-state index in [0.717, 1.165) is 17.7 Å². The first-order valence-electron chi connectivity index (χ1n) is 2.98. The van der Waals surface area contributed by atoms with Gasteiger partial charge in [0.15, 0.2) is 4.67 Å². The predicted molar refractivity (Wildman–Crippen MR) is 40.4 cm³/mol. The quantitative estimate of drug-likeness (QED) is 0.674. The highest BCUT2D eigenvalue weighted by Gasteiger charge is 2.10. The molecule has 0 radical (unpaired) electrons. The maximum Gasteiger partial charge on any atom is 0.158 e. The van der Waals surface area contributed by atoms with Gasteiger partial charge >= 0.3 is 0 Å². The largest absolute Gasteiger partial charge is 0.486 e. The molecule has 0 saturated carbocycles. The number of hydrogen-bond acceptors (Lipinski definition) is 2. The second kappa shape index (κ2) is 3.22. The average Bonchev–Trinajstić information content (AvgIpc) is 1.90. The topological polar surface area (TPSA) is 21.3 Å². The summed E-state index contributed by atoms with van der Waals surface area (Å²) in [5.41, 5.74) is 0. The second-order valence-electron chi connectivity index (χ2n) is 2.04. The maximum atomic E-state index is 5.20. The molecule has 0 aromatic rings. The molecule has 9 heavy (non-hydrogen) atoms. The Morgan fingerprint density at radius 3 is 3.11 bits per heavy atom. The third kappa shape index (κ3) is 1.99. The first-order chi connectivity index (χ1) is 4.33. The fraction of sp³-hybridized carbons (Fsp3) is 0.667. The fourth-order valence-corrected chi connectivity index (χ4v) is 1.06. The van der Waals surface area contributed by atoms with Gasteiger partial charge in [-0.25, -0.2) is 0 Å². The van der Waals surface area contributed by atoms with Gasteiger partial charge in [-0.15, -0.1) is 0 Å². The molecule has 1 N–H and O–H groups in total. The SMILES string of the molecule is CNC1CC=C(Br)OC1. The summed E-state index contributed by atoms with van der Waals surface area (Å²) in [6.45, 7) is 0.771. The zero-order valence-electron chi connectivity index (χ0n) is 5.36. The summed E-state index contributed by atoms with van der Waals surface area (Å²) in [6, 6.07) is 0.492.